The van der Waals surface area contributed by atoms with Crippen molar-refractivity contribution in [3.63, 3.8) is 0 Å². The molecule has 0 aromatic heterocycles. The van der Waals surface area contributed by atoms with Crippen LogP contribution in [0.4, 0.5) is 14.5 Å². The predicted octanol–water partition coefficient (Wildman–Crippen LogP) is 5.53. The van der Waals surface area contributed by atoms with Gasteiger partial charge in [-0.2, -0.15) is 8.78 Å². The van der Waals surface area contributed by atoms with Gasteiger partial charge in [0.25, 0.3) is 0 Å². The fourth-order valence-electron chi connectivity index (χ4n) is 2.02. The first kappa shape index (κ1) is 15.8. The summed E-state index contributed by atoms with van der Waals surface area (Å²) in [6.07, 6.45) is 0. The normalized spacial score (nSPS) is 12.3. The van der Waals surface area contributed by atoms with E-state index in [1.807, 2.05) is 32.0 Å². The fourth-order valence-corrected chi connectivity index (χ4v) is 2.38. The second-order valence-corrected chi connectivity index (χ2v) is 5.58. The Morgan fingerprint density at radius 3 is 2.38 bits per heavy atom. The van der Waals surface area contributed by atoms with Gasteiger partial charge in [-0.15, -0.1) is 0 Å². The molecular weight excluding hydrogens is 340 g/mol. The van der Waals surface area contributed by atoms with E-state index < -0.39 is 6.61 Å². The molecule has 2 nitrogen and oxygen atoms in total. The van der Waals surface area contributed by atoms with Crippen LogP contribution in [-0.2, 0) is 0 Å². The zero-order valence-electron chi connectivity index (χ0n) is 11.7. The van der Waals surface area contributed by atoms with Crippen molar-refractivity contribution in [2.45, 2.75) is 26.5 Å². The van der Waals surface area contributed by atoms with E-state index in [0.717, 1.165) is 21.3 Å². The van der Waals surface area contributed by atoms with Crippen LogP contribution in [0.25, 0.3) is 0 Å². The smallest absolute Gasteiger partial charge is 0.387 e. The summed E-state index contributed by atoms with van der Waals surface area (Å²) in [5, 5.41) is 3.41. The molecule has 0 saturated heterocycles. The molecule has 0 radical (unpaired) electrons. The minimum Gasteiger partial charge on any atom is -0.435 e. The predicted molar refractivity (Wildman–Crippen MR) is 84.0 cm³/mol. The van der Waals surface area contributed by atoms with E-state index in [1.54, 1.807) is 24.3 Å². The number of hydrogen-bond acceptors (Lipinski definition) is 2. The first-order valence-corrected chi connectivity index (χ1v) is 7.33. The Morgan fingerprint density at radius 1 is 1.10 bits per heavy atom. The second-order valence-electron chi connectivity index (χ2n) is 4.73. The molecule has 2 aromatic rings. The lowest BCUT2D eigenvalue weighted by molar-refractivity contribution is -0.0498. The van der Waals surface area contributed by atoms with Gasteiger partial charge >= 0.3 is 6.61 Å². The van der Waals surface area contributed by atoms with Gasteiger partial charge in [-0.3, -0.25) is 0 Å². The van der Waals surface area contributed by atoms with Crippen LogP contribution >= 0.6 is 15.9 Å². The highest BCUT2D eigenvalue weighted by Crippen LogP contribution is 2.28. The summed E-state index contributed by atoms with van der Waals surface area (Å²) in [6, 6.07) is 12.7. The molecule has 0 spiro atoms. The van der Waals surface area contributed by atoms with Crippen molar-refractivity contribution in [3.05, 3.63) is 58.1 Å². The third kappa shape index (κ3) is 4.17. The summed E-state index contributed by atoms with van der Waals surface area (Å²) in [5.41, 5.74) is 3.16. The van der Waals surface area contributed by atoms with Gasteiger partial charge in [0.05, 0.1) is 0 Å². The van der Waals surface area contributed by atoms with Crippen molar-refractivity contribution in [3.8, 4) is 5.75 Å². The summed E-state index contributed by atoms with van der Waals surface area (Å²) in [5.74, 6) is 0.166. The van der Waals surface area contributed by atoms with Crippen LogP contribution in [0, 0.1) is 6.92 Å². The molecule has 0 bridgehead atoms. The Kier molecular flexibility index (Phi) is 5.17. The van der Waals surface area contributed by atoms with Crippen molar-refractivity contribution >= 4 is 21.6 Å². The molecule has 0 heterocycles. The molecule has 2 aromatic carbocycles. The van der Waals surface area contributed by atoms with Crippen LogP contribution in [0.1, 0.15) is 24.1 Å². The number of benzene rings is 2. The largest absolute Gasteiger partial charge is 0.435 e. The van der Waals surface area contributed by atoms with Gasteiger partial charge in [-0.25, -0.2) is 0 Å². The Balaban J connectivity index is 2.09. The lowest BCUT2D eigenvalue weighted by Gasteiger charge is -2.18. The number of halogens is 3. The zero-order chi connectivity index (χ0) is 15.4. The number of ether oxygens (including phenoxy) is 1. The average Bonchev–Trinajstić information content (AvgIpc) is 2.44. The molecule has 5 heteroatoms. The molecule has 0 aliphatic carbocycles. The molecule has 0 fully saturated rings. The number of anilines is 1. The summed E-state index contributed by atoms with van der Waals surface area (Å²) in [4.78, 5) is 0. The van der Waals surface area contributed by atoms with E-state index in [0.29, 0.717) is 0 Å². The SMILES string of the molecule is Cc1c(Br)cccc1NC(C)c1ccc(OC(F)F)cc1. The Hall–Kier alpha value is -1.62. The van der Waals surface area contributed by atoms with Gasteiger partial charge in [0.2, 0.25) is 0 Å². The Bertz CT molecular complexity index is 602. The summed E-state index contributed by atoms with van der Waals surface area (Å²) in [6.45, 7) is 1.25. The van der Waals surface area contributed by atoms with Crippen molar-refractivity contribution < 1.29 is 13.5 Å². The van der Waals surface area contributed by atoms with Gasteiger partial charge in [0.15, 0.2) is 0 Å². The maximum Gasteiger partial charge on any atom is 0.387 e. The molecule has 1 unspecified atom stereocenters. The first-order valence-electron chi connectivity index (χ1n) is 6.54. The average molecular weight is 356 g/mol. The Morgan fingerprint density at radius 2 is 1.76 bits per heavy atom. The van der Waals surface area contributed by atoms with Crippen molar-refractivity contribution in [1.29, 1.82) is 0 Å². The van der Waals surface area contributed by atoms with Crippen molar-refractivity contribution in [1.82, 2.24) is 0 Å². The molecule has 1 N–H and O–H groups in total. The van der Waals surface area contributed by atoms with Crippen molar-refractivity contribution in [2.24, 2.45) is 0 Å². The van der Waals surface area contributed by atoms with Gasteiger partial charge in [-0.1, -0.05) is 34.1 Å². The minimum absolute atomic E-state index is 0.0543. The summed E-state index contributed by atoms with van der Waals surface area (Å²) in [7, 11) is 0. The number of alkyl halides is 2. The molecule has 112 valence electrons. The van der Waals surface area contributed by atoms with Crippen LogP contribution in [0.5, 0.6) is 5.75 Å². The minimum atomic E-state index is -2.80. The van der Waals surface area contributed by atoms with Gasteiger partial charge < -0.3 is 10.1 Å². The topological polar surface area (TPSA) is 21.3 Å². The van der Waals surface area contributed by atoms with Crippen LogP contribution in [0.15, 0.2) is 46.9 Å². The highest BCUT2D eigenvalue weighted by Gasteiger charge is 2.09. The van der Waals surface area contributed by atoms with E-state index in [-0.39, 0.29) is 11.8 Å². The number of rotatable bonds is 5. The highest BCUT2D eigenvalue weighted by atomic mass is 79.9. The van der Waals surface area contributed by atoms with Crippen LogP contribution in [0.3, 0.4) is 0 Å². The van der Waals surface area contributed by atoms with Crippen molar-refractivity contribution in [2.75, 3.05) is 5.32 Å². The number of hydrogen-bond donors (Lipinski definition) is 1. The third-order valence-electron chi connectivity index (χ3n) is 3.24. The van der Waals surface area contributed by atoms with E-state index in [4.69, 9.17) is 0 Å². The molecule has 0 aliphatic rings. The maximum absolute atomic E-state index is 12.1. The van der Waals surface area contributed by atoms with Gasteiger partial charge in [-0.05, 0) is 49.2 Å². The van der Waals surface area contributed by atoms with E-state index in [2.05, 4.69) is 26.0 Å². The van der Waals surface area contributed by atoms with E-state index in [1.165, 1.54) is 0 Å². The maximum atomic E-state index is 12.1. The Labute approximate surface area is 131 Å². The number of nitrogens with one attached hydrogen (secondary N) is 1. The molecule has 21 heavy (non-hydrogen) atoms. The molecule has 1 atom stereocenters. The summed E-state index contributed by atoms with van der Waals surface area (Å²) >= 11 is 3.50. The first-order chi connectivity index (χ1) is 9.97. The molecule has 0 saturated carbocycles. The van der Waals surface area contributed by atoms with E-state index in [9.17, 15) is 8.78 Å². The zero-order valence-corrected chi connectivity index (χ0v) is 13.3. The second kappa shape index (κ2) is 6.89. The van der Waals surface area contributed by atoms with E-state index >= 15 is 0 Å². The van der Waals surface area contributed by atoms with Crippen LogP contribution < -0.4 is 10.1 Å². The molecule has 2 rings (SSSR count). The highest BCUT2D eigenvalue weighted by molar-refractivity contribution is 9.10. The van der Waals surface area contributed by atoms with Gasteiger partial charge in [0.1, 0.15) is 5.75 Å². The lowest BCUT2D eigenvalue weighted by atomic mass is 10.1. The molecule has 0 aliphatic heterocycles. The quantitative estimate of drug-likeness (QED) is 0.760. The lowest BCUT2D eigenvalue weighted by Crippen LogP contribution is -2.08. The monoisotopic (exact) mass is 355 g/mol. The fraction of sp³-hybridized carbons (Fsp3) is 0.250. The molecular formula is C16H16BrF2NO. The van der Waals surface area contributed by atoms with Gasteiger partial charge in [0, 0.05) is 16.2 Å². The summed E-state index contributed by atoms with van der Waals surface area (Å²) < 4.78 is 29.6. The van der Waals surface area contributed by atoms with Crippen LogP contribution in [-0.4, -0.2) is 6.61 Å². The standard InChI is InChI=1S/C16H16BrF2NO/c1-10-14(17)4-3-5-15(10)20-11(2)12-6-8-13(9-7-12)21-16(18)19/h3-9,11,16,20H,1-2H3. The van der Waals surface area contributed by atoms with Crippen LogP contribution in [0.2, 0.25) is 0 Å². The molecule has 0 amide bonds. The third-order valence-corrected chi connectivity index (χ3v) is 4.10.